The van der Waals surface area contributed by atoms with Gasteiger partial charge in [-0.2, -0.15) is 0 Å². The standard InChI is InChI=1S/C20H23NO/c1-15(2)18-12-9-17(10-13-18)11-14-20(22)21-16(3)19-7-5-4-6-8-19/h4-16H,1-3H3,(H,21,22)/t16-/m1/s1. The molecule has 2 nitrogen and oxygen atoms in total. The largest absolute Gasteiger partial charge is 0.346 e. The zero-order valence-corrected chi connectivity index (χ0v) is 13.4. The van der Waals surface area contributed by atoms with Crippen LogP contribution in [-0.2, 0) is 4.79 Å². The number of rotatable bonds is 5. The molecule has 0 aliphatic rings. The third-order valence-electron chi connectivity index (χ3n) is 3.69. The Morgan fingerprint density at radius 3 is 2.14 bits per heavy atom. The highest BCUT2D eigenvalue weighted by molar-refractivity contribution is 5.91. The molecule has 0 saturated carbocycles. The van der Waals surface area contributed by atoms with Gasteiger partial charge in [-0.1, -0.05) is 68.4 Å². The van der Waals surface area contributed by atoms with Crippen LogP contribution in [0.1, 0.15) is 49.4 Å². The van der Waals surface area contributed by atoms with Gasteiger partial charge in [-0.05, 0) is 35.6 Å². The van der Waals surface area contributed by atoms with Crippen LogP contribution in [0.3, 0.4) is 0 Å². The van der Waals surface area contributed by atoms with Crippen molar-refractivity contribution in [3.05, 3.63) is 77.4 Å². The maximum Gasteiger partial charge on any atom is 0.244 e. The van der Waals surface area contributed by atoms with E-state index in [1.807, 2.05) is 55.5 Å². The van der Waals surface area contributed by atoms with E-state index in [2.05, 4.69) is 31.3 Å². The summed E-state index contributed by atoms with van der Waals surface area (Å²) in [6.45, 7) is 6.32. The molecule has 0 unspecified atom stereocenters. The first-order chi connectivity index (χ1) is 10.6. The molecule has 0 radical (unpaired) electrons. The first-order valence-electron chi connectivity index (χ1n) is 7.69. The maximum atomic E-state index is 12.0. The van der Waals surface area contributed by atoms with E-state index in [9.17, 15) is 4.79 Å². The monoisotopic (exact) mass is 293 g/mol. The summed E-state index contributed by atoms with van der Waals surface area (Å²) in [7, 11) is 0. The molecule has 2 aromatic carbocycles. The second kappa shape index (κ2) is 7.60. The van der Waals surface area contributed by atoms with Crippen molar-refractivity contribution < 1.29 is 4.79 Å². The maximum absolute atomic E-state index is 12.0. The smallest absolute Gasteiger partial charge is 0.244 e. The van der Waals surface area contributed by atoms with Crippen LogP contribution < -0.4 is 5.32 Å². The molecule has 1 atom stereocenters. The van der Waals surface area contributed by atoms with E-state index in [-0.39, 0.29) is 11.9 Å². The average Bonchev–Trinajstić information content (AvgIpc) is 2.54. The van der Waals surface area contributed by atoms with Gasteiger partial charge in [0, 0.05) is 6.08 Å². The molecule has 0 fully saturated rings. The zero-order valence-electron chi connectivity index (χ0n) is 13.4. The van der Waals surface area contributed by atoms with E-state index >= 15 is 0 Å². The lowest BCUT2D eigenvalue weighted by atomic mass is 10.0. The molecule has 1 amide bonds. The molecule has 0 heterocycles. The Bertz CT molecular complexity index is 627. The average molecular weight is 293 g/mol. The minimum absolute atomic E-state index is 0.00154. The van der Waals surface area contributed by atoms with E-state index in [0.717, 1.165) is 11.1 Å². The SMILES string of the molecule is CC(C)c1ccc(C=CC(=O)N[C@H](C)c2ccccc2)cc1. The van der Waals surface area contributed by atoms with Gasteiger partial charge in [-0.25, -0.2) is 0 Å². The van der Waals surface area contributed by atoms with Gasteiger partial charge in [0.2, 0.25) is 5.91 Å². The summed E-state index contributed by atoms with van der Waals surface area (Å²) in [5, 5.41) is 2.97. The van der Waals surface area contributed by atoms with Crippen molar-refractivity contribution in [1.29, 1.82) is 0 Å². The minimum atomic E-state index is -0.0794. The van der Waals surface area contributed by atoms with E-state index in [0.29, 0.717) is 5.92 Å². The lowest BCUT2D eigenvalue weighted by Gasteiger charge is -2.12. The molecule has 22 heavy (non-hydrogen) atoms. The summed E-state index contributed by atoms with van der Waals surface area (Å²) in [4.78, 5) is 12.0. The molecule has 0 aliphatic heterocycles. The fraction of sp³-hybridized carbons (Fsp3) is 0.250. The van der Waals surface area contributed by atoms with Crippen LogP contribution in [-0.4, -0.2) is 5.91 Å². The molecule has 0 saturated heterocycles. The minimum Gasteiger partial charge on any atom is -0.346 e. The predicted octanol–water partition coefficient (Wildman–Crippen LogP) is 4.70. The molecule has 1 N–H and O–H groups in total. The summed E-state index contributed by atoms with van der Waals surface area (Å²) in [5.41, 5.74) is 3.44. The molecule has 0 spiro atoms. The van der Waals surface area contributed by atoms with Crippen LogP contribution in [0.15, 0.2) is 60.7 Å². The summed E-state index contributed by atoms with van der Waals surface area (Å²) in [6, 6.07) is 18.2. The number of carbonyl (C=O) groups excluding carboxylic acids is 1. The van der Waals surface area contributed by atoms with Crippen LogP contribution in [0.25, 0.3) is 6.08 Å². The van der Waals surface area contributed by atoms with Gasteiger partial charge in [0.05, 0.1) is 6.04 Å². The van der Waals surface area contributed by atoms with Crippen molar-refractivity contribution >= 4 is 12.0 Å². The lowest BCUT2D eigenvalue weighted by molar-refractivity contribution is -0.117. The van der Waals surface area contributed by atoms with Gasteiger partial charge in [-0.15, -0.1) is 0 Å². The number of nitrogens with one attached hydrogen (secondary N) is 1. The molecular weight excluding hydrogens is 270 g/mol. The summed E-state index contributed by atoms with van der Waals surface area (Å²) in [6.07, 6.45) is 3.43. The molecule has 0 aromatic heterocycles. The topological polar surface area (TPSA) is 29.1 Å². The third kappa shape index (κ3) is 4.59. The highest BCUT2D eigenvalue weighted by Crippen LogP contribution is 2.15. The van der Waals surface area contributed by atoms with E-state index in [4.69, 9.17) is 0 Å². The summed E-state index contributed by atoms with van der Waals surface area (Å²) >= 11 is 0. The van der Waals surface area contributed by atoms with Gasteiger partial charge < -0.3 is 5.32 Å². The van der Waals surface area contributed by atoms with Crippen LogP contribution in [0.2, 0.25) is 0 Å². The molecular formula is C20H23NO. The third-order valence-corrected chi connectivity index (χ3v) is 3.69. The Morgan fingerprint density at radius 2 is 1.55 bits per heavy atom. The van der Waals surface area contributed by atoms with Crippen LogP contribution in [0.4, 0.5) is 0 Å². The molecule has 2 aromatic rings. The Labute approximate surface area is 132 Å². The molecule has 114 valence electrons. The van der Waals surface area contributed by atoms with Crippen molar-refractivity contribution in [2.45, 2.75) is 32.7 Å². The fourth-order valence-corrected chi connectivity index (χ4v) is 2.25. The van der Waals surface area contributed by atoms with Gasteiger partial charge >= 0.3 is 0 Å². The molecule has 0 aliphatic carbocycles. The Hall–Kier alpha value is -2.35. The summed E-state index contributed by atoms with van der Waals surface area (Å²) in [5.74, 6) is 0.442. The summed E-state index contributed by atoms with van der Waals surface area (Å²) < 4.78 is 0. The Kier molecular flexibility index (Phi) is 5.54. The van der Waals surface area contributed by atoms with Crippen molar-refractivity contribution in [2.24, 2.45) is 0 Å². The van der Waals surface area contributed by atoms with Crippen molar-refractivity contribution in [2.75, 3.05) is 0 Å². The molecule has 2 heteroatoms. The molecule has 2 rings (SSSR count). The number of hydrogen-bond acceptors (Lipinski definition) is 1. The second-order valence-corrected chi connectivity index (χ2v) is 5.80. The Balaban J connectivity index is 1.93. The second-order valence-electron chi connectivity index (χ2n) is 5.80. The van der Waals surface area contributed by atoms with Gasteiger partial charge in [-0.3, -0.25) is 4.79 Å². The number of carbonyl (C=O) groups is 1. The van der Waals surface area contributed by atoms with Crippen molar-refractivity contribution in [1.82, 2.24) is 5.32 Å². The van der Waals surface area contributed by atoms with Crippen LogP contribution >= 0.6 is 0 Å². The Morgan fingerprint density at radius 1 is 0.909 bits per heavy atom. The normalized spacial score (nSPS) is 12.5. The predicted molar refractivity (Wildman–Crippen MR) is 92.6 cm³/mol. The van der Waals surface area contributed by atoms with E-state index in [1.165, 1.54) is 5.56 Å². The fourth-order valence-electron chi connectivity index (χ4n) is 2.25. The van der Waals surface area contributed by atoms with E-state index < -0.39 is 0 Å². The van der Waals surface area contributed by atoms with Gasteiger partial charge in [0.1, 0.15) is 0 Å². The number of amides is 1. The van der Waals surface area contributed by atoms with Crippen LogP contribution in [0, 0.1) is 0 Å². The number of hydrogen-bond donors (Lipinski definition) is 1. The lowest BCUT2D eigenvalue weighted by Crippen LogP contribution is -2.24. The van der Waals surface area contributed by atoms with Gasteiger partial charge in [0.25, 0.3) is 0 Å². The first-order valence-corrected chi connectivity index (χ1v) is 7.69. The molecule has 0 bridgehead atoms. The quantitative estimate of drug-likeness (QED) is 0.795. The first kappa shape index (κ1) is 16.0. The van der Waals surface area contributed by atoms with E-state index in [1.54, 1.807) is 6.08 Å². The highest BCUT2D eigenvalue weighted by Gasteiger charge is 2.06. The van der Waals surface area contributed by atoms with Crippen LogP contribution in [0.5, 0.6) is 0 Å². The van der Waals surface area contributed by atoms with Crippen molar-refractivity contribution in [3.8, 4) is 0 Å². The zero-order chi connectivity index (χ0) is 15.9. The highest BCUT2D eigenvalue weighted by atomic mass is 16.1. The van der Waals surface area contributed by atoms with Gasteiger partial charge in [0.15, 0.2) is 0 Å². The van der Waals surface area contributed by atoms with Crippen molar-refractivity contribution in [3.63, 3.8) is 0 Å². The number of benzene rings is 2.